The van der Waals surface area contributed by atoms with E-state index in [-0.39, 0.29) is 6.04 Å². The third-order valence-corrected chi connectivity index (χ3v) is 3.87. The van der Waals surface area contributed by atoms with Crippen molar-refractivity contribution >= 4 is 11.3 Å². The number of hydrogen-bond acceptors (Lipinski definition) is 6. The van der Waals surface area contributed by atoms with E-state index in [2.05, 4.69) is 32.6 Å². The summed E-state index contributed by atoms with van der Waals surface area (Å²) in [5, 5.41) is 5.96. The SMILES string of the molecule is Cc1noc([C@@H]2COCCN2Cc2cccs2)n1. The molecule has 0 spiro atoms. The number of morpholine rings is 1. The van der Waals surface area contributed by atoms with Crippen molar-refractivity contribution in [2.75, 3.05) is 19.8 Å². The molecule has 0 N–H and O–H groups in total. The third kappa shape index (κ3) is 2.45. The Hall–Kier alpha value is -1.24. The smallest absolute Gasteiger partial charge is 0.246 e. The molecule has 1 fully saturated rings. The van der Waals surface area contributed by atoms with Gasteiger partial charge < -0.3 is 9.26 Å². The monoisotopic (exact) mass is 265 g/mol. The average molecular weight is 265 g/mol. The van der Waals surface area contributed by atoms with E-state index in [4.69, 9.17) is 9.26 Å². The van der Waals surface area contributed by atoms with Crippen LogP contribution in [0, 0.1) is 6.92 Å². The lowest BCUT2D eigenvalue weighted by molar-refractivity contribution is -0.0236. The predicted molar refractivity (Wildman–Crippen MR) is 67.3 cm³/mol. The zero-order valence-corrected chi connectivity index (χ0v) is 11.0. The van der Waals surface area contributed by atoms with Crippen LogP contribution in [0.25, 0.3) is 0 Å². The van der Waals surface area contributed by atoms with Crippen LogP contribution < -0.4 is 0 Å². The molecule has 2 aromatic heterocycles. The molecule has 1 saturated heterocycles. The summed E-state index contributed by atoms with van der Waals surface area (Å²) < 4.78 is 10.8. The molecular weight excluding hydrogens is 250 g/mol. The Morgan fingerprint density at radius 1 is 1.56 bits per heavy atom. The molecule has 1 aliphatic rings. The first-order chi connectivity index (χ1) is 8.83. The van der Waals surface area contributed by atoms with Gasteiger partial charge in [-0.1, -0.05) is 11.2 Å². The molecule has 0 saturated carbocycles. The lowest BCUT2D eigenvalue weighted by atomic mass is 10.2. The van der Waals surface area contributed by atoms with E-state index in [0.717, 1.165) is 19.7 Å². The van der Waals surface area contributed by atoms with Crippen molar-refractivity contribution < 1.29 is 9.26 Å². The number of aryl methyl sites for hydroxylation is 1. The summed E-state index contributed by atoms with van der Waals surface area (Å²) in [5.74, 6) is 1.33. The second kappa shape index (κ2) is 5.17. The highest BCUT2D eigenvalue weighted by molar-refractivity contribution is 7.09. The average Bonchev–Trinajstić information content (AvgIpc) is 3.02. The van der Waals surface area contributed by atoms with Crippen molar-refractivity contribution in [3.8, 4) is 0 Å². The topological polar surface area (TPSA) is 51.4 Å². The van der Waals surface area contributed by atoms with Gasteiger partial charge in [-0.15, -0.1) is 11.3 Å². The van der Waals surface area contributed by atoms with Crippen LogP contribution in [-0.4, -0.2) is 34.8 Å². The van der Waals surface area contributed by atoms with Crippen LogP contribution in [0.4, 0.5) is 0 Å². The van der Waals surface area contributed by atoms with E-state index in [1.165, 1.54) is 4.88 Å². The molecule has 2 aromatic rings. The zero-order valence-electron chi connectivity index (χ0n) is 10.2. The van der Waals surface area contributed by atoms with Crippen LogP contribution >= 0.6 is 11.3 Å². The van der Waals surface area contributed by atoms with Crippen molar-refractivity contribution in [1.82, 2.24) is 15.0 Å². The van der Waals surface area contributed by atoms with Gasteiger partial charge in [-0.25, -0.2) is 0 Å². The van der Waals surface area contributed by atoms with E-state index in [0.29, 0.717) is 18.3 Å². The van der Waals surface area contributed by atoms with Crippen molar-refractivity contribution in [2.24, 2.45) is 0 Å². The second-order valence-electron chi connectivity index (χ2n) is 4.32. The highest BCUT2D eigenvalue weighted by Crippen LogP contribution is 2.25. The fourth-order valence-electron chi connectivity index (χ4n) is 2.11. The Kier molecular flexibility index (Phi) is 3.40. The molecule has 0 amide bonds. The molecule has 3 heterocycles. The molecular formula is C12H15N3O2S. The van der Waals surface area contributed by atoms with Gasteiger partial charge in [-0.3, -0.25) is 4.90 Å². The van der Waals surface area contributed by atoms with E-state index >= 15 is 0 Å². The third-order valence-electron chi connectivity index (χ3n) is 3.01. The Morgan fingerprint density at radius 3 is 3.22 bits per heavy atom. The Labute approximate surface area is 109 Å². The van der Waals surface area contributed by atoms with Crippen LogP contribution in [0.5, 0.6) is 0 Å². The number of aromatic nitrogens is 2. The van der Waals surface area contributed by atoms with E-state index in [1.54, 1.807) is 11.3 Å². The molecule has 0 aromatic carbocycles. The van der Waals surface area contributed by atoms with Crippen LogP contribution in [0.1, 0.15) is 22.6 Å². The summed E-state index contributed by atoms with van der Waals surface area (Å²) in [4.78, 5) is 8.00. The van der Waals surface area contributed by atoms with E-state index in [9.17, 15) is 0 Å². The first-order valence-corrected chi connectivity index (χ1v) is 6.85. The highest BCUT2D eigenvalue weighted by atomic mass is 32.1. The van der Waals surface area contributed by atoms with Gasteiger partial charge in [0.05, 0.1) is 13.2 Å². The minimum Gasteiger partial charge on any atom is -0.378 e. The summed E-state index contributed by atoms with van der Waals surface area (Å²) >= 11 is 1.77. The molecule has 0 aliphatic carbocycles. The van der Waals surface area contributed by atoms with Crippen LogP contribution in [-0.2, 0) is 11.3 Å². The summed E-state index contributed by atoms with van der Waals surface area (Å²) in [6, 6.07) is 4.30. The minimum atomic E-state index is 0.0713. The maximum atomic E-state index is 5.53. The van der Waals surface area contributed by atoms with Crippen molar-refractivity contribution in [3.05, 3.63) is 34.1 Å². The summed E-state index contributed by atoms with van der Waals surface area (Å²) in [7, 11) is 0. The van der Waals surface area contributed by atoms with Gasteiger partial charge in [0.25, 0.3) is 0 Å². The number of ether oxygens (including phenoxy) is 1. The van der Waals surface area contributed by atoms with Crippen molar-refractivity contribution in [3.63, 3.8) is 0 Å². The molecule has 5 nitrogen and oxygen atoms in total. The summed E-state index contributed by atoms with van der Waals surface area (Å²) in [6.07, 6.45) is 0. The number of thiophene rings is 1. The van der Waals surface area contributed by atoms with Crippen LogP contribution in [0.3, 0.4) is 0 Å². The first kappa shape index (κ1) is 11.8. The largest absolute Gasteiger partial charge is 0.378 e. The molecule has 1 aliphatic heterocycles. The lowest BCUT2D eigenvalue weighted by Gasteiger charge is -2.32. The van der Waals surface area contributed by atoms with E-state index < -0.39 is 0 Å². The van der Waals surface area contributed by atoms with Crippen molar-refractivity contribution in [1.29, 1.82) is 0 Å². The fourth-order valence-corrected chi connectivity index (χ4v) is 2.84. The van der Waals surface area contributed by atoms with Crippen molar-refractivity contribution in [2.45, 2.75) is 19.5 Å². The standard InChI is InChI=1S/C12H15N3O2S/c1-9-13-12(17-14-9)11-8-16-5-4-15(11)7-10-3-2-6-18-10/h2-3,6,11H,4-5,7-8H2,1H3/t11-/m0/s1. The molecule has 96 valence electrons. The second-order valence-corrected chi connectivity index (χ2v) is 5.35. The molecule has 18 heavy (non-hydrogen) atoms. The quantitative estimate of drug-likeness (QED) is 0.849. The number of hydrogen-bond donors (Lipinski definition) is 0. The van der Waals surface area contributed by atoms with Gasteiger partial charge in [0.15, 0.2) is 5.82 Å². The van der Waals surface area contributed by atoms with Gasteiger partial charge in [0.2, 0.25) is 5.89 Å². The Balaban J connectivity index is 1.77. The molecule has 1 atom stereocenters. The Morgan fingerprint density at radius 2 is 2.50 bits per heavy atom. The van der Waals surface area contributed by atoms with Gasteiger partial charge >= 0.3 is 0 Å². The zero-order chi connectivity index (χ0) is 12.4. The molecule has 0 bridgehead atoms. The normalized spacial score (nSPS) is 21.3. The summed E-state index contributed by atoms with van der Waals surface area (Å²) in [5.41, 5.74) is 0. The maximum absolute atomic E-state index is 5.53. The Bertz CT molecular complexity index is 497. The van der Waals surface area contributed by atoms with Gasteiger partial charge in [0.1, 0.15) is 6.04 Å². The molecule has 0 unspecified atom stereocenters. The lowest BCUT2D eigenvalue weighted by Crippen LogP contribution is -2.39. The van der Waals surface area contributed by atoms with Gasteiger partial charge in [-0.05, 0) is 18.4 Å². The number of rotatable bonds is 3. The molecule has 0 radical (unpaired) electrons. The van der Waals surface area contributed by atoms with Crippen LogP contribution in [0.15, 0.2) is 22.0 Å². The highest BCUT2D eigenvalue weighted by Gasteiger charge is 2.29. The predicted octanol–water partition coefficient (Wildman–Crippen LogP) is 2.01. The fraction of sp³-hybridized carbons (Fsp3) is 0.500. The van der Waals surface area contributed by atoms with E-state index in [1.807, 2.05) is 6.92 Å². The minimum absolute atomic E-state index is 0.0713. The van der Waals surface area contributed by atoms with Gasteiger partial charge in [-0.2, -0.15) is 4.98 Å². The maximum Gasteiger partial charge on any atom is 0.246 e. The number of nitrogens with zero attached hydrogens (tertiary/aromatic N) is 3. The molecule has 6 heteroatoms. The van der Waals surface area contributed by atoms with Gasteiger partial charge in [0, 0.05) is 18.0 Å². The van der Waals surface area contributed by atoms with Crippen LogP contribution in [0.2, 0.25) is 0 Å². The summed E-state index contributed by atoms with van der Waals surface area (Å²) in [6.45, 7) is 5.01. The molecule has 3 rings (SSSR count). The first-order valence-electron chi connectivity index (χ1n) is 5.97.